The molecule has 1 unspecified atom stereocenters. The van der Waals surface area contributed by atoms with Crippen molar-refractivity contribution in [2.75, 3.05) is 5.32 Å². The third-order valence-electron chi connectivity index (χ3n) is 6.61. The van der Waals surface area contributed by atoms with Crippen molar-refractivity contribution in [3.05, 3.63) is 113 Å². The first-order chi connectivity index (χ1) is 17.5. The number of rotatable bonds is 5. The number of nitrogens with zero attached hydrogens (tertiary/aromatic N) is 1. The van der Waals surface area contributed by atoms with Gasteiger partial charge in [0, 0.05) is 30.1 Å². The number of hydrogen-bond donors (Lipinski definition) is 2. The first-order valence-corrected chi connectivity index (χ1v) is 11.6. The molecule has 1 aliphatic heterocycles. The molecule has 1 amide bonds. The lowest BCUT2D eigenvalue weighted by molar-refractivity contribution is -0.116. The fourth-order valence-corrected chi connectivity index (χ4v) is 5.04. The number of carbonyl (C=O) groups is 2. The molecule has 0 radical (unpaired) electrons. The van der Waals surface area contributed by atoms with Gasteiger partial charge in [0.25, 0.3) is 0 Å². The molecule has 0 bridgehead atoms. The molecular weight excluding hydrogens is 459 g/mol. The van der Waals surface area contributed by atoms with Crippen LogP contribution in [0.15, 0.2) is 89.5 Å². The molecule has 3 aromatic carbocycles. The minimum absolute atomic E-state index is 0.135. The molecule has 2 N–H and O–H groups in total. The Kier molecular flexibility index (Phi) is 5.18. The van der Waals surface area contributed by atoms with Crippen molar-refractivity contribution >= 4 is 28.5 Å². The highest BCUT2D eigenvalue weighted by Gasteiger charge is 2.30. The van der Waals surface area contributed by atoms with Crippen molar-refractivity contribution in [3.8, 4) is 11.3 Å². The molecule has 0 fully saturated rings. The van der Waals surface area contributed by atoms with Gasteiger partial charge in [-0.15, -0.1) is 0 Å². The van der Waals surface area contributed by atoms with Crippen molar-refractivity contribution in [2.24, 2.45) is 0 Å². The van der Waals surface area contributed by atoms with Crippen molar-refractivity contribution in [2.45, 2.75) is 18.9 Å². The van der Waals surface area contributed by atoms with Gasteiger partial charge in [0.15, 0.2) is 0 Å². The number of furan rings is 1. The summed E-state index contributed by atoms with van der Waals surface area (Å²) in [6, 6.07) is 22.4. The van der Waals surface area contributed by atoms with E-state index in [9.17, 15) is 19.1 Å². The topological polar surface area (TPSA) is 84.5 Å². The van der Waals surface area contributed by atoms with Crippen molar-refractivity contribution in [1.29, 1.82) is 0 Å². The fourth-order valence-electron chi connectivity index (χ4n) is 5.04. The molecule has 5 aromatic rings. The zero-order chi connectivity index (χ0) is 24.8. The van der Waals surface area contributed by atoms with E-state index in [-0.39, 0.29) is 29.6 Å². The molecule has 2 aromatic heterocycles. The maximum Gasteiger partial charge on any atom is 0.336 e. The smallest absolute Gasteiger partial charge is 0.336 e. The van der Waals surface area contributed by atoms with Crippen LogP contribution in [-0.2, 0) is 11.3 Å². The highest BCUT2D eigenvalue weighted by molar-refractivity contribution is 6.06. The lowest BCUT2D eigenvalue weighted by Gasteiger charge is -2.11. The van der Waals surface area contributed by atoms with E-state index in [1.54, 1.807) is 36.4 Å². The van der Waals surface area contributed by atoms with Gasteiger partial charge in [-0.2, -0.15) is 0 Å². The van der Waals surface area contributed by atoms with Crippen LogP contribution >= 0.6 is 0 Å². The Bertz CT molecular complexity index is 1650. The number of halogens is 1. The van der Waals surface area contributed by atoms with Gasteiger partial charge >= 0.3 is 5.97 Å². The number of hydrogen-bond acceptors (Lipinski definition) is 3. The molecule has 6 nitrogen and oxygen atoms in total. The highest BCUT2D eigenvalue weighted by Crippen LogP contribution is 2.42. The Balaban J connectivity index is 1.47. The van der Waals surface area contributed by atoms with E-state index >= 15 is 0 Å². The Morgan fingerprint density at radius 3 is 2.72 bits per heavy atom. The van der Waals surface area contributed by atoms with E-state index in [0.29, 0.717) is 23.6 Å². The van der Waals surface area contributed by atoms with Crippen LogP contribution in [0, 0.1) is 5.82 Å². The largest absolute Gasteiger partial charge is 0.478 e. The van der Waals surface area contributed by atoms with E-state index in [0.717, 1.165) is 27.7 Å². The summed E-state index contributed by atoms with van der Waals surface area (Å²) in [5.41, 5.74) is 4.00. The third-order valence-corrected chi connectivity index (χ3v) is 6.61. The van der Waals surface area contributed by atoms with Crippen LogP contribution < -0.4 is 5.32 Å². The van der Waals surface area contributed by atoms with Gasteiger partial charge in [-0.05, 0) is 53.6 Å². The zero-order valence-corrected chi connectivity index (χ0v) is 19.1. The van der Waals surface area contributed by atoms with Gasteiger partial charge in [0.2, 0.25) is 5.91 Å². The molecule has 0 spiro atoms. The molecule has 36 heavy (non-hydrogen) atoms. The Morgan fingerprint density at radius 1 is 1.06 bits per heavy atom. The lowest BCUT2D eigenvalue weighted by atomic mass is 9.93. The van der Waals surface area contributed by atoms with Crippen molar-refractivity contribution in [3.63, 3.8) is 0 Å². The highest BCUT2D eigenvalue weighted by atomic mass is 19.1. The average Bonchev–Trinajstić information content (AvgIpc) is 3.45. The number of benzene rings is 3. The first-order valence-electron chi connectivity index (χ1n) is 11.6. The van der Waals surface area contributed by atoms with Crippen LogP contribution in [0.25, 0.3) is 22.2 Å². The molecule has 0 aliphatic carbocycles. The normalized spacial score (nSPS) is 15.0. The second kappa shape index (κ2) is 8.53. The van der Waals surface area contributed by atoms with Crippen LogP contribution in [0.2, 0.25) is 0 Å². The summed E-state index contributed by atoms with van der Waals surface area (Å²) < 4.78 is 22.1. The van der Waals surface area contributed by atoms with E-state index < -0.39 is 5.97 Å². The summed E-state index contributed by atoms with van der Waals surface area (Å²) in [7, 11) is 0. The number of amides is 1. The maximum atomic E-state index is 13.8. The van der Waals surface area contributed by atoms with Crippen LogP contribution in [0.1, 0.15) is 39.6 Å². The maximum absolute atomic E-state index is 13.8. The standard InChI is InChI=1S/C29H21FN2O4/c30-18-6-3-5-17(13-18)15-32-16-22-21(14-27(33)31-23-9-4-10-24(32)28(22)23)26-12-11-25(36-26)19-7-1-2-8-20(19)29(34)35/h1-13,16,21H,14-15H2,(H,31,33)(H,34,35). The van der Waals surface area contributed by atoms with Gasteiger partial charge in [0.05, 0.1) is 22.7 Å². The summed E-state index contributed by atoms with van der Waals surface area (Å²) in [4.78, 5) is 24.5. The van der Waals surface area contributed by atoms with Crippen LogP contribution in [0.3, 0.4) is 0 Å². The second-order valence-electron chi connectivity index (χ2n) is 8.90. The SMILES string of the molecule is O=C1CC(c2ccc(-c3ccccc3C(=O)O)o2)c2cn(Cc3cccc(F)c3)c3cccc(c23)N1. The molecule has 0 saturated carbocycles. The molecule has 178 valence electrons. The molecule has 0 saturated heterocycles. The number of anilines is 1. The lowest BCUT2D eigenvalue weighted by Crippen LogP contribution is -2.13. The Hall–Kier alpha value is -4.65. The van der Waals surface area contributed by atoms with Gasteiger partial charge < -0.3 is 19.4 Å². The Labute approximate surface area is 205 Å². The minimum Gasteiger partial charge on any atom is -0.478 e. The first kappa shape index (κ1) is 21.9. The predicted molar refractivity (Wildman–Crippen MR) is 134 cm³/mol. The second-order valence-corrected chi connectivity index (χ2v) is 8.90. The van der Waals surface area contributed by atoms with Gasteiger partial charge in [-0.1, -0.05) is 36.4 Å². The average molecular weight is 480 g/mol. The molecular formula is C29H21FN2O4. The monoisotopic (exact) mass is 480 g/mol. The molecule has 1 atom stereocenters. The number of aromatic nitrogens is 1. The fraction of sp³-hybridized carbons (Fsp3) is 0.103. The summed E-state index contributed by atoms with van der Waals surface area (Å²) >= 11 is 0. The summed E-state index contributed by atoms with van der Waals surface area (Å²) in [5, 5.41) is 13.5. The van der Waals surface area contributed by atoms with Crippen LogP contribution in [-0.4, -0.2) is 21.6 Å². The number of carboxylic acid groups (broad SMARTS) is 1. The van der Waals surface area contributed by atoms with Crippen LogP contribution in [0.4, 0.5) is 10.1 Å². The van der Waals surface area contributed by atoms with E-state index in [1.807, 2.05) is 30.5 Å². The number of carbonyl (C=O) groups excluding carboxylic acids is 1. The van der Waals surface area contributed by atoms with Crippen molar-refractivity contribution in [1.82, 2.24) is 4.57 Å². The predicted octanol–water partition coefficient (Wildman–Crippen LogP) is 6.26. The minimum atomic E-state index is -1.04. The quantitative estimate of drug-likeness (QED) is 0.311. The zero-order valence-electron chi connectivity index (χ0n) is 19.1. The molecule has 7 heteroatoms. The molecule has 6 rings (SSSR count). The van der Waals surface area contributed by atoms with E-state index in [4.69, 9.17) is 4.42 Å². The summed E-state index contributed by atoms with van der Waals surface area (Å²) in [6.07, 6.45) is 2.17. The number of aromatic carboxylic acids is 1. The van der Waals surface area contributed by atoms with Gasteiger partial charge in [-0.25, -0.2) is 9.18 Å². The number of carboxylic acids is 1. The van der Waals surface area contributed by atoms with Crippen LogP contribution in [0.5, 0.6) is 0 Å². The van der Waals surface area contributed by atoms with E-state index in [1.165, 1.54) is 18.2 Å². The van der Waals surface area contributed by atoms with Gasteiger partial charge in [-0.3, -0.25) is 4.79 Å². The van der Waals surface area contributed by atoms with E-state index in [2.05, 4.69) is 9.88 Å². The summed E-state index contributed by atoms with van der Waals surface area (Å²) in [5.74, 6) is -0.846. The Morgan fingerprint density at radius 2 is 1.89 bits per heavy atom. The van der Waals surface area contributed by atoms with Crippen molar-refractivity contribution < 1.29 is 23.5 Å². The molecule has 3 heterocycles. The summed E-state index contributed by atoms with van der Waals surface area (Å²) in [6.45, 7) is 0.466. The van der Waals surface area contributed by atoms with Gasteiger partial charge in [0.1, 0.15) is 17.3 Å². The number of nitrogens with one attached hydrogen (secondary N) is 1. The molecule has 1 aliphatic rings. The third kappa shape index (κ3) is 3.75.